The average Bonchev–Trinajstić information content (AvgIpc) is 2.04. The van der Waals surface area contributed by atoms with Gasteiger partial charge in [0.1, 0.15) is 0 Å². The van der Waals surface area contributed by atoms with Gasteiger partial charge in [0, 0.05) is 0 Å². The van der Waals surface area contributed by atoms with Crippen LogP contribution in [0.2, 0.25) is 0 Å². The van der Waals surface area contributed by atoms with E-state index in [0.29, 0.717) is 0 Å². The molecule has 0 bridgehead atoms. The fraction of sp³-hybridized carbons (Fsp3) is 0.500. The Hall–Kier alpha value is -0.350. The Labute approximate surface area is 83.1 Å². The molecule has 1 heteroatoms. The van der Waals surface area contributed by atoms with Gasteiger partial charge in [0.05, 0.1) is 0 Å². The van der Waals surface area contributed by atoms with Crippen LogP contribution < -0.4 is 5.30 Å². The zero-order valence-corrected chi connectivity index (χ0v) is 9.81. The third-order valence-corrected chi connectivity index (χ3v) is 5.23. The highest BCUT2D eigenvalue weighted by atomic mass is 31.1. The molecule has 0 fully saturated rings. The van der Waals surface area contributed by atoms with Crippen LogP contribution in [-0.2, 0) is 0 Å². The summed E-state index contributed by atoms with van der Waals surface area (Å²) in [4.78, 5) is 0. The monoisotopic (exact) mass is 193 g/mol. The van der Waals surface area contributed by atoms with E-state index in [0.717, 1.165) is 11.3 Å². The molecular formula is C12H18P. The van der Waals surface area contributed by atoms with E-state index in [1.165, 1.54) is 5.30 Å². The van der Waals surface area contributed by atoms with Crippen molar-refractivity contribution in [1.29, 1.82) is 0 Å². The Morgan fingerprint density at radius 2 is 1.46 bits per heavy atom. The molecule has 0 nitrogen and oxygen atoms in total. The normalized spacial score (nSPS) is 11.6. The number of hydrogen-bond donors (Lipinski definition) is 0. The minimum Gasteiger partial charge on any atom is -0.0701 e. The third kappa shape index (κ3) is 2.81. The molecule has 1 radical (unpaired) electrons. The maximum atomic E-state index is 3.08. The first-order chi connectivity index (χ1) is 6.13. The van der Waals surface area contributed by atoms with Crippen molar-refractivity contribution in [3.05, 3.63) is 30.3 Å². The minimum atomic E-state index is 0.00623. The Bertz CT molecular complexity index is 231. The quantitative estimate of drug-likeness (QED) is 0.645. The minimum absolute atomic E-state index is 0.00623. The van der Waals surface area contributed by atoms with Crippen molar-refractivity contribution in [2.24, 2.45) is 0 Å². The molecule has 0 aliphatic rings. The van der Waals surface area contributed by atoms with Gasteiger partial charge in [-0.05, 0) is 22.7 Å². The number of benzene rings is 1. The molecule has 1 aromatic carbocycles. The number of hydrogen-bond acceptors (Lipinski definition) is 0. The molecule has 0 aromatic heterocycles. The SMILES string of the molecule is CC(C)P(c1cc[c]cc1)C(C)C. The highest BCUT2D eigenvalue weighted by Crippen LogP contribution is 2.44. The van der Waals surface area contributed by atoms with Gasteiger partial charge in [-0.1, -0.05) is 59.9 Å². The Morgan fingerprint density at radius 3 is 1.85 bits per heavy atom. The van der Waals surface area contributed by atoms with Gasteiger partial charge >= 0.3 is 0 Å². The molecule has 1 rings (SSSR count). The topological polar surface area (TPSA) is 0 Å². The van der Waals surface area contributed by atoms with E-state index in [1.807, 2.05) is 12.1 Å². The smallest absolute Gasteiger partial charge is 0.0184 e. The lowest BCUT2D eigenvalue weighted by Crippen LogP contribution is -2.14. The Balaban J connectivity index is 2.89. The van der Waals surface area contributed by atoms with Crippen LogP contribution in [0.4, 0.5) is 0 Å². The second-order valence-corrected chi connectivity index (χ2v) is 7.25. The molecule has 0 spiro atoms. The van der Waals surface area contributed by atoms with Crippen molar-refractivity contribution < 1.29 is 0 Å². The lowest BCUT2D eigenvalue weighted by Gasteiger charge is -2.25. The summed E-state index contributed by atoms with van der Waals surface area (Å²) in [6.45, 7) is 9.29. The predicted molar refractivity (Wildman–Crippen MR) is 62.1 cm³/mol. The van der Waals surface area contributed by atoms with Crippen molar-refractivity contribution in [1.82, 2.24) is 0 Å². The van der Waals surface area contributed by atoms with Gasteiger partial charge in [-0.2, -0.15) is 0 Å². The van der Waals surface area contributed by atoms with E-state index < -0.39 is 0 Å². The van der Waals surface area contributed by atoms with Gasteiger partial charge in [0.2, 0.25) is 0 Å². The second-order valence-electron chi connectivity index (χ2n) is 3.85. The van der Waals surface area contributed by atoms with Crippen molar-refractivity contribution >= 4 is 13.2 Å². The summed E-state index contributed by atoms with van der Waals surface area (Å²) in [5, 5.41) is 1.51. The van der Waals surface area contributed by atoms with Crippen molar-refractivity contribution in [2.45, 2.75) is 39.0 Å². The first-order valence-corrected chi connectivity index (χ1v) is 6.35. The molecule has 1 aromatic rings. The third-order valence-electron chi connectivity index (χ3n) is 2.11. The molecular weight excluding hydrogens is 175 g/mol. The molecule has 0 aliphatic carbocycles. The maximum Gasteiger partial charge on any atom is -0.0184 e. The van der Waals surface area contributed by atoms with Gasteiger partial charge < -0.3 is 0 Å². The van der Waals surface area contributed by atoms with Crippen molar-refractivity contribution in [3.8, 4) is 0 Å². The zero-order valence-electron chi connectivity index (χ0n) is 8.91. The van der Waals surface area contributed by atoms with Crippen molar-refractivity contribution in [3.63, 3.8) is 0 Å². The van der Waals surface area contributed by atoms with Gasteiger partial charge in [-0.15, -0.1) is 0 Å². The van der Waals surface area contributed by atoms with E-state index in [4.69, 9.17) is 0 Å². The summed E-state index contributed by atoms with van der Waals surface area (Å²) in [7, 11) is 0.00623. The number of rotatable bonds is 3. The molecule has 0 unspecified atom stereocenters. The molecule has 0 N–H and O–H groups in total. The van der Waals surface area contributed by atoms with Crippen LogP contribution in [0.5, 0.6) is 0 Å². The zero-order chi connectivity index (χ0) is 9.84. The van der Waals surface area contributed by atoms with E-state index in [-0.39, 0.29) is 7.92 Å². The summed E-state index contributed by atoms with van der Waals surface area (Å²) in [6, 6.07) is 11.6. The van der Waals surface area contributed by atoms with Crippen LogP contribution in [0.3, 0.4) is 0 Å². The Kier molecular flexibility index (Phi) is 3.93. The molecule has 0 saturated carbocycles. The summed E-state index contributed by atoms with van der Waals surface area (Å²) in [5.74, 6) is 0. The second kappa shape index (κ2) is 4.77. The molecule has 0 aliphatic heterocycles. The summed E-state index contributed by atoms with van der Waals surface area (Å²) in [6.07, 6.45) is 0. The van der Waals surface area contributed by atoms with Crippen LogP contribution in [0.15, 0.2) is 24.3 Å². The molecule has 0 heterocycles. The van der Waals surface area contributed by atoms with Gasteiger partial charge in [0.15, 0.2) is 0 Å². The highest BCUT2D eigenvalue weighted by molar-refractivity contribution is 7.66. The molecule has 0 amide bonds. The van der Waals surface area contributed by atoms with E-state index in [2.05, 4.69) is 45.9 Å². The molecule has 71 valence electrons. The van der Waals surface area contributed by atoms with Crippen LogP contribution in [0.25, 0.3) is 0 Å². The first-order valence-electron chi connectivity index (χ1n) is 4.87. The fourth-order valence-corrected chi connectivity index (χ4v) is 4.62. The highest BCUT2D eigenvalue weighted by Gasteiger charge is 2.17. The lowest BCUT2D eigenvalue weighted by molar-refractivity contribution is 1.02. The van der Waals surface area contributed by atoms with Gasteiger partial charge in [-0.3, -0.25) is 0 Å². The molecule has 0 atom stereocenters. The Morgan fingerprint density at radius 1 is 1.00 bits per heavy atom. The predicted octanol–water partition coefficient (Wildman–Crippen LogP) is 3.41. The van der Waals surface area contributed by atoms with E-state index >= 15 is 0 Å². The standard InChI is InChI=1S/C12H18P/c1-10(2)13(11(3)4)12-8-6-5-7-9-12/h6-11H,1-4H3. The van der Waals surface area contributed by atoms with Crippen molar-refractivity contribution in [2.75, 3.05) is 0 Å². The van der Waals surface area contributed by atoms with Crippen LogP contribution >= 0.6 is 7.92 Å². The molecule has 0 saturated heterocycles. The summed E-state index contributed by atoms with van der Waals surface area (Å²) >= 11 is 0. The lowest BCUT2D eigenvalue weighted by atomic mass is 10.4. The van der Waals surface area contributed by atoms with Crippen LogP contribution in [0, 0.1) is 6.07 Å². The van der Waals surface area contributed by atoms with E-state index in [9.17, 15) is 0 Å². The summed E-state index contributed by atoms with van der Waals surface area (Å²) < 4.78 is 0. The van der Waals surface area contributed by atoms with Gasteiger partial charge in [0.25, 0.3) is 0 Å². The molecule has 13 heavy (non-hydrogen) atoms. The van der Waals surface area contributed by atoms with Gasteiger partial charge in [-0.25, -0.2) is 0 Å². The maximum absolute atomic E-state index is 3.08. The first kappa shape index (κ1) is 10.7. The van der Waals surface area contributed by atoms with Crippen LogP contribution in [-0.4, -0.2) is 11.3 Å². The average molecular weight is 193 g/mol. The largest absolute Gasteiger partial charge is 0.0701 e. The fourth-order valence-electron chi connectivity index (χ4n) is 1.74. The van der Waals surface area contributed by atoms with Crippen LogP contribution in [0.1, 0.15) is 27.7 Å². The summed E-state index contributed by atoms with van der Waals surface area (Å²) in [5.41, 5.74) is 1.55. The van der Waals surface area contributed by atoms with E-state index in [1.54, 1.807) is 0 Å².